The van der Waals surface area contributed by atoms with E-state index in [-0.39, 0.29) is 0 Å². The number of halogens is 1. The Morgan fingerprint density at radius 3 is 3.00 bits per heavy atom. The fourth-order valence-corrected chi connectivity index (χ4v) is 2.41. The third-order valence-corrected chi connectivity index (χ3v) is 3.76. The Labute approximate surface area is 87.7 Å². The molecule has 0 saturated heterocycles. The summed E-state index contributed by atoms with van der Waals surface area (Å²) in [5, 5.41) is 3.46. The normalized spacial score (nSPS) is 25.5. The quantitative estimate of drug-likeness (QED) is 0.791. The summed E-state index contributed by atoms with van der Waals surface area (Å²) in [5.74, 6) is 0. The highest BCUT2D eigenvalue weighted by Gasteiger charge is 2.33. The second-order valence-electron chi connectivity index (χ2n) is 3.93. The van der Waals surface area contributed by atoms with Crippen molar-refractivity contribution >= 4 is 21.6 Å². The van der Waals surface area contributed by atoms with E-state index >= 15 is 0 Å². The van der Waals surface area contributed by atoms with Crippen LogP contribution in [0.5, 0.6) is 0 Å². The van der Waals surface area contributed by atoms with Gasteiger partial charge in [0.15, 0.2) is 0 Å². The van der Waals surface area contributed by atoms with Crippen molar-refractivity contribution in [3.63, 3.8) is 0 Å². The van der Waals surface area contributed by atoms with Gasteiger partial charge >= 0.3 is 0 Å². The molecule has 70 valence electrons. The maximum absolute atomic E-state index is 3.57. The number of para-hydroxylation sites is 1. The largest absolute Gasteiger partial charge is 0.383 e. The lowest BCUT2D eigenvalue weighted by Gasteiger charge is -2.21. The number of fused-ring (bicyclic) bond motifs is 1. The summed E-state index contributed by atoms with van der Waals surface area (Å²) in [4.78, 5) is 0. The first kappa shape index (κ1) is 9.07. The molecular formula is C11H14BrN. The molecule has 0 aliphatic carbocycles. The SMILES string of the molecule is CCC1(C)CNc2c(Br)cccc21. The van der Waals surface area contributed by atoms with Crippen LogP contribution in [0.1, 0.15) is 25.8 Å². The molecule has 0 spiro atoms. The van der Waals surface area contributed by atoms with Crippen molar-refractivity contribution in [3.8, 4) is 0 Å². The molecule has 1 N–H and O–H groups in total. The summed E-state index contributed by atoms with van der Waals surface area (Å²) in [6, 6.07) is 6.43. The molecule has 0 fully saturated rings. The molecule has 2 rings (SSSR count). The van der Waals surface area contributed by atoms with Gasteiger partial charge < -0.3 is 5.32 Å². The van der Waals surface area contributed by atoms with E-state index in [0.717, 1.165) is 6.54 Å². The molecule has 1 nitrogen and oxygen atoms in total. The summed E-state index contributed by atoms with van der Waals surface area (Å²) < 4.78 is 1.18. The summed E-state index contributed by atoms with van der Waals surface area (Å²) in [6.07, 6.45) is 1.18. The van der Waals surface area contributed by atoms with E-state index in [1.54, 1.807) is 0 Å². The van der Waals surface area contributed by atoms with E-state index in [9.17, 15) is 0 Å². The lowest BCUT2D eigenvalue weighted by molar-refractivity contribution is 0.504. The van der Waals surface area contributed by atoms with Crippen molar-refractivity contribution in [2.24, 2.45) is 0 Å². The highest BCUT2D eigenvalue weighted by atomic mass is 79.9. The van der Waals surface area contributed by atoms with Crippen LogP contribution in [-0.4, -0.2) is 6.54 Å². The zero-order chi connectivity index (χ0) is 9.47. The molecule has 1 unspecified atom stereocenters. The van der Waals surface area contributed by atoms with Gasteiger partial charge in [0.05, 0.1) is 5.69 Å². The van der Waals surface area contributed by atoms with Gasteiger partial charge in [-0.25, -0.2) is 0 Å². The van der Waals surface area contributed by atoms with Crippen molar-refractivity contribution in [1.29, 1.82) is 0 Å². The molecule has 0 radical (unpaired) electrons. The van der Waals surface area contributed by atoms with Crippen molar-refractivity contribution in [2.45, 2.75) is 25.7 Å². The predicted molar refractivity (Wildman–Crippen MR) is 60.3 cm³/mol. The zero-order valence-electron chi connectivity index (χ0n) is 8.02. The van der Waals surface area contributed by atoms with Gasteiger partial charge in [-0.2, -0.15) is 0 Å². The molecule has 0 saturated carbocycles. The van der Waals surface area contributed by atoms with Gasteiger partial charge in [0, 0.05) is 16.4 Å². The molecule has 1 aromatic carbocycles. The summed E-state index contributed by atoms with van der Waals surface area (Å²) >= 11 is 3.57. The van der Waals surface area contributed by atoms with Crippen LogP contribution in [0, 0.1) is 0 Å². The number of benzene rings is 1. The van der Waals surface area contributed by atoms with Crippen LogP contribution in [0.4, 0.5) is 5.69 Å². The maximum atomic E-state index is 3.57. The standard InChI is InChI=1S/C11H14BrN/c1-3-11(2)7-13-10-8(11)5-4-6-9(10)12/h4-6,13H,3,7H2,1-2H3. The summed E-state index contributed by atoms with van der Waals surface area (Å²) in [6.45, 7) is 5.62. The number of nitrogens with one attached hydrogen (secondary N) is 1. The van der Waals surface area contributed by atoms with Gasteiger partial charge in [-0.15, -0.1) is 0 Å². The molecule has 1 aliphatic rings. The molecule has 0 aromatic heterocycles. The minimum atomic E-state index is 0.319. The van der Waals surface area contributed by atoms with E-state index in [1.807, 2.05) is 0 Å². The van der Waals surface area contributed by atoms with Crippen LogP contribution in [0.15, 0.2) is 22.7 Å². The first-order valence-corrected chi connectivity index (χ1v) is 5.49. The minimum Gasteiger partial charge on any atom is -0.383 e. The fraction of sp³-hybridized carbons (Fsp3) is 0.455. The Hall–Kier alpha value is -0.500. The predicted octanol–water partition coefficient (Wildman–Crippen LogP) is 3.54. The molecule has 2 heteroatoms. The molecule has 1 aromatic rings. The molecule has 1 heterocycles. The molecule has 0 amide bonds. The Balaban J connectivity index is 2.55. The van der Waals surface area contributed by atoms with Crippen LogP contribution in [0.25, 0.3) is 0 Å². The Bertz CT molecular complexity index is 335. The Kier molecular flexibility index (Phi) is 2.11. The number of rotatable bonds is 1. The van der Waals surface area contributed by atoms with E-state index < -0.39 is 0 Å². The second kappa shape index (κ2) is 3.02. The highest BCUT2D eigenvalue weighted by molar-refractivity contribution is 9.10. The lowest BCUT2D eigenvalue weighted by Crippen LogP contribution is -2.22. The lowest BCUT2D eigenvalue weighted by atomic mass is 9.82. The minimum absolute atomic E-state index is 0.319. The van der Waals surface area contributed by atoms with E-state index in [2.05, 4.69) is 53.3 Å². The molecule has 1 atom stereocenters. The molecular weight excluding hydrogens is 226 g/mol. The van der Waals surface area contributed by atoms with E-state index in [1.165, 1.54) is 22.1 Å². The van der Waals surface area contributed by atoms with Gasteiger partial charge in [0.25, 0.3) is 0 Å². The smallest absolute Gasteiger partial charge is 0.0523 e. The number of hydrogen-bond acceptors (Lipinski definition) is 1. The third-order valence-electron chi connectivity index (χ3n) is 3.10. The number of hydrogen-bond donors (Lipinski definition) is 1. The molecule has 13 heavy (non-hydrogen) atoms. The van der Waals surface area contributed by atoms with Crippen LogP contribution in [-0.2, 0) is 5.41 Å². The van der Waals surface area contributed by atoms with Gasteiger partial charge in [-0.1, -0.05) is 26.0 Å². The molecule has 0 bridgehead atoms. The third kappa shape index (κ3) is 1.28. The highest BCUT2D eigenvalue weighted by Crippen LogP contribution is 2.42. The van der Waals surface area contributed by atoms with Gasteiger partial charge in [0.1, 0.15) is 0 Å². The fourth-order valence-electron chi connectivity index (χ4n) is 1.90. The average molecular weight is 240 g/mol. The van der Waals surface area contributed by atoms with E-state index in [4.69, 9.17) is 0 Å². The van der Waals surface area contributed by atoms with Crippen LogP contribution >= 0.6 is 15.9 Å². The summed E-state index contributed by atoms with van der Waals surface area (Å²) in [5.41, 5.74) is 3.05. The Morgan fingerprint density at radius 1 is 1.54 bits per heavy atom. The van der Waals surface area contributed by atoms with Crippen molar-refractivity contribution in [2.75, 3.05) is 11.9 Å². The van der Waals surface area contributed by atoms with Gasteiger partial charge in [-0.05, 0) is 34.0 Å². The van der Waals surface area contributed by atoms with Gasteiger partial charge in [-0.3, -0.25) is 0 Å². The van der Waals surface area contributed by atoms with Crippen molar-refractivity contribution < 1.29 is 0 Å². The maximum Gasteiger partial charge on any atom is 0.0523 e. The van der Waals surface area contributed by atoms with Crippen LogP contribution in [0.3, 0.4) is 0 Å². The van der Waals surface area contributed by atoms with Crippen LogP contribution in [0.2, 0.25) is 0 Å². The summed E-state index contributed by atoms with van der Waals surface area (Å²) in [7, 11) is 0. The van der Waals surface area contributed by atoms with Crippen LogP contribution < -0.4 is 5.32 Å². The Morgan fingerprint density at radius 2 is 2.31 bits per heavy atom. The second-order valence-corrected chi connectivity index (χ2v) is 4.78. The first-order valence-electron chi connectivity index (χ1n) is 4.70. The zero-order valence-corrected chi connectivity index (χ0v) is 9.61. The average Bonchev–Trinajstić information content (AvgIpc) is 2.47. The monoisotopic (exact) mass is 239 g/mol. The topological polar surface area (TPSA) is 12.0 Å². The van der Waals surface area contributed by atoms with Crippen molar-refractivity contribution in [1.82, 2.24) is 0 Å². The first-order chi connectivity index (χ1) is 6.17. The molecule has 1 aliphatic heterocycles. The number of anilines is 1. The van der Waals surface area contributed by atoms with Crippen molar-refractivity contribution in [3.05, 3.63) is 28.2 Å². The van der Waals surface area contributed by atoms with Gasteiger partial charge in [0.2, 0.25) is 0 Å². The van der Waals surface area contributed by atoms with E-state index in [0.29, 0.717) is 5.41 Å².